The molecule has 0 rings (SSSR count). The second-order valence-electron chi connectivity index (χ2n) is 3.46. The van der Waals surface area contributed by atoms with Gasteiger partial charge in [0.15, 0.2) is 6.35 Å². The SMILES string of the molecule is CC(C)C(N)(N)C(N)(N)OC(N)N. The summed E-state index contributed by atoms with van der Waals surface area (Å²) < 4.78 is 4.82. The lowest BCUT2D eigenvalue weighted by Crippen LogP contribution is -2.80. The Morgan fingerprint density at radius 2 is 1.38 bits per heavy atom. The third-order valence-corrected chi connectivity index (χ3v) is 1.96. The highest BCUT2D eigenvalue weighted by Crippen LogP contribution is 2.17. The Hall–Kier alpha value is -0.280. The lowest BCUT2D eigenvalue weighted by molar-refractivity contribution is -0.138. The van der Waals surface area contributed by atoms with Gasteiger partial charge in [-0.3, -0.25) is 22.9 Å². The van der Waals surface area contributed by atoms with Crippen molar-refractivity contribution in [2.24, 2.45) is 40.3 Å². The highest BCUT2D eigenvalue weighted by Gasteiger charge is 2.44. The smallest absolute Gasteiger partial charge is 0.204 e. The quantitative estimate of drug-likeness (QED) is 0.259. The Labute approximate surface area is 77.7 Å². The van der Waals surface area contributed by atoms with E-state index in [-0.39, 0.29) is 5.92 Å². The summed E-state index contributed by atoms with van der Waals surface area (Å²) in [6.07, 6.45) is -1.11. The van der Waals surface area contributed by atoms with Crippen molar-refractivity contribution in [3.05, 3.63) is 0 Å². The van der Waals surface area contributed by atoms with Crippen LogP contribution in [0.2, 0.25) is 0 Å². The van der Waals surface area contributed by atoms with Gasteiger partial charge in [0, 0.05) is 0 Å². The molecule has 0 unspecified atom stereocenters. The summed E-state index contributed by atoms with van der Waals surface area (Å²) >= 11 is 0. The van der Waals surface area contributed by atoms with Gasteiger partial charge in [0.1, 0.15) is 5.66 Å². The molecule has 0 aliphatic heterocycles. The first-order valence-electron chi connectivity index (χ1n) is 3.95. The number of ether oxygens (including phenoxy) is 1. The van der Waals surface area contributed by atoms with Gasteiger partial charge in [-0.25, -0.2) is 0 Å². The van der Waals surface area contributed by atoms with Crippen LogP contribution in [0.15, 0.2) is 0 Å². The summed E-state index contributed by atoms with van der Waals surface area (Å²) in [6.45, 7) is 3.53. The van der Waals surface area contributed by atoms with Gasteiger partial charge in [-0.1, -0.05) is 13.8 Å². The van der Waals surface area contributed by atoms with Gasteiger partial charge < -0.3 is 16.2 Å². The van der Waals surface area contributed by atoms with Crippen LogP contribution in [0, 0.1) is 5.92 Å². The number of hydrogen-bond donors (Lipinski definition) is 6. The molecule has 0 spiro atoms. The molecule has 0 saturated carbocycles. The second-order valence-corrected chi connectivity index (χ2v) is 3.46. The molecule has 0 atom stereocenters. The van der Waals surface area contributed by atoms with Crippen LogP contribution in [-0.4, -0.2) is 17.9 Å². The minimum atomic E-state index is -1.75. The molecule has 0 aliphatic rings. The van der Waals surface area contributed by atoms with Crippen LogP contribution >= 0.6 is 0 Å². The minimum Gasteiger partial charge on any atom is -0.313 e. The first kappa shape index (κ1) is 12.7. The van der Waals surface area contributed by atoms with E-state index in [0.717, 1.165) is 0 Å². The fourth-order valence-corrected chi connectivity index (χ4v) is 0.778. The Balaban J connectivity index is 4.60. The Kier molecular flexibility index (Phi) is 3.76. The first-order valence-corrected chi connectivity index (χ1v) is 3.95. The highest BCUT2D eigenvalue weighted by molar-refractivity contribution is 4.95. The summed E-state index contributed by atoms with van der Waals surface area (Å²) in [5.74, 6) is -1.93. The molecule has 0 amide bonds. The molecule has 0 aliphatic carbocycles. The van der Waals surface area contributed by atoms with Gasteiger partial charge in [-0.05, 0) is 5.92 Å². The van der Waals surface area contributed by atoms with E-state index < -0.39 is 17.9 Å². The summed E-state index contributed by atoms with van der Waals surface area (Å²) in [7, 11) is 0. The van der Waals surface area contributed by atoms with Crippen molar-refractivity contribution in [1.82, 2.24) is 0 Å². The summed E-state index contributed by atoms with van der Waals surface area (Å²) in [5, 5.41) is 0. The van der Waals surface area contributed by atoms with Crippen molar-refractivity contribution >= 4 is 0 Å². The summed E-state index contributed by atoms with van der Waals surface area (Å²) in [6, 6.07) is 0. The number of hydrogen-bond acceptors (Lipinski definition) is 7. The van der Waals surface area contributed by atoms with Crippen LogP contribution in [0.25, 0.3) is 0 Å². The maximum atomic E-state index is 5.68. The van der Waals surface area contributed by atoms with E-state index in [1.807, 2.05) is 0 Å². The van der Waals surface area contributed by atoms with Crippen LogP contribution in [0.4, 0.5) is 0 Å². The number of rotatable bonds is 4. The van der Waals surface area contributed by atoms with Gasteiger partial charge in [-0.2, -0.15) is 0 Å². The zero-order valence-corrected chi connectivity index (χ0v) is 8.03. The van der Waals surface area contributed by atoms with Gasteiger partial charge in [0.25, 0.3) is 0 Å². The maximum Gasteiger partial charge on any atom is 0.204 e. The largest absolute Gasteiger partial charge is 0.313 e. The predicted molar refractivity (Wildman–Crippen MR) is 50.3 cm³/mol. The van der Waals surface area contributed by atoms with E-state index in [0.29, 0.717) is 0 Å². The molecule has 80 valence electrons. The molecule has 13 heavy (non-hydrogen) atoms. The van der Waals surface area contributed by atoms with Gasteiger partial charge in [-0.15, -0.1) is 0 Å². The zero-order chi connectivity index (χ0) is 10.9. The average molecular weight is 192 g/mol. The monoisotopic (exact) mass is 192 g/mol. The molecular weight excluding hydrogens is 172 g/mol. The molecule has 0 radical (unpaired) electrons. The summed E-state index contributed by atoms with van der Waals surface area (Å²) in [5.41, 5.74) is 31.4. The minimum absolute atomic E-state index is 0.179. The number of nitrogens with two attached hydrogens (primary N) is 6. The van der Waals surface area contributed by atoms with Crippen molar-refractivity contribution in [2.45, 2.75) is 31.7 Å². The molecule has 0 aromatic rings. The Morgan fingerprint density at radius 3 is 1.62 bits per heavy atom. The van der Waals surface area contributed by atoms with Crippen LogP contribution in [0.5, 0.6) is 0 Å². The standard InChI is InChI=1S/C6H20N6O/c1-3(2)5(9,10)6(11,12)13-4(7)8/h3-4H,7-12H2,1-2H3. The molecule has 0 bridgehead atoms. The van der Waals surface area contributed by atoms with Crippen molar-refractivity contribution in [3.63, 3.8) is 0 Å². The van der Waals surface area contributed by atoms with E-state index in [2.05, 4.69) is 0 Å². The van der Waals surface area contributed by atoms with E-state index >= 15 is 0 Å². The second kappa shape index (κ2) is 3.84. The lowest BCUT2D eigenvalue weighted by atomic mass is 9.93. The van der Waals surface area contributed by atoms with Gasteiger partial charge >= 0.3 is 0 Å². The predicted octanol–water partition coefficient (Wildman–Crippen LogP) is -2.96. The molecule has 7 nitrogen and oxygen atoms in total. The van der Waals surface area contributed by atoms with Crippen molar-refractivity contribution in [3.8, 4) is 0 Å². The Bertz CT molecular complexity index is 167. The highest BCUT2D eigenvalue weighted by atomic mass is 16.6. The maximum absolute atomic E-state index is 5.68. The van der Waals surface area contributed by atoms with Crippen LogP contribution < -0.4 is 34.4 Å². The fourth-order valence-electron chi connectivity index (χ4n) is 0.778. The van der Waals surface area contributed by atoms with Crippen LogP contribution in [0.3, 0.4) is 0 Å². The van der Waals surface area contributed by atoms with E-state index in [1.165, 1.54) is 0 Å². The molecule has 7 heteroatoms. The Morgan fingerprint density at radius 1 is 1.00 bits per heavy atom. The fraction of sp³-hybridized carbons (Fsp3) is 1.00. The van der Waals surface area contributed by atoms with Crippen molar-refractivity contribution in [1.29, 1.82) is 0 Å². The molecule has 0 aromatic heterocycles. The molecule has 0 saturated heterocycles. The van der Waals surface area contributed by atoms with Gasteiger partial charge in [0.05, 0.1) is 0 Å². The normalized spacial score (nSPS) is 14.3. The third-order valence-electron chi connectivity index (χ3n) is 1.96. The third kappa shape index (κ3) is 2.85. The van der Waals surface area contributed by atoms with E-state index in [4.69, 9.17) is 39.1 Å². The van der Waals surface area contributed by atoms with Crippen LogP contribution in [0.1, 0.15) is 13.8 Å². The molecular formula is C6H20N6O. The van der Waals surface area contributed by atoms with E-state index in [9.17, 15) is 0 Å². The lowest BCUT2D eigenvalue weighted by Gasteiger charge is -2.42. The van der Waals surface area contributed by atoms with Crippen molar-refractivity contribution < 1.29 is 4.74 Å². The van der Waals surface area contributed by atoms with Crippen LogP contribution in [-0.2, 0) is 4.74 Å². The van der Waals surface area contributed by atoms with Gasteiger partial charge in [0.2, 0.25) is 5.85 Å². The molecule has 0 heterocycles. The topological polar surface area (TPSA) is 165 Å². The van der Waals surface area contributed by atoms with E-state index in [1.54, 1.807) is 13.8 Å². The molecule has 0 fully saturated rings. The zero-order valence-electron chi connectivity index (χ0n) is 8.03. The van der Waals surface area contributed by atoms with Crippen molar-refractivity contribution in [2.75, 3.05) is 0 Å². The molecule has 12 N–H and O–H groups in total. The first-order chi connectivity index (χ1) is 5.61. The average Bonchev–Trinajstić information content (AvgIpc) is 1.83. The summed E-state index contributed by atoms with van der Waals surface area (Å²) in [4.78, 5) is 0. The molecule has 0 aromatic carbocycles.